The molecule has 1 saturated heterocycles. The predicted octanol–water partition coefficient (Wildman–Crippen LogP) is 3.82. The summed E-state index contributed by atoms with van der Waals surface area (Å²) in [6, 6.07) is 11.0. The Morgan fingerprint density at radius 2 is 2.10 bits per heavy atom. The van der Waals surface area contributed by atoms with E-state index in [0.29, 0.717) is 11.5 Å². The van der Waals surface area contributed by atoms with Gasteiger partial charge in [-0.05, 0) is 47.9 Å². The van der Waals surface area contributed by atoms with Crippen LogP contribution in [0.5, 0.6) is 0 Å². The van der Waals surface area contributed by atoms with Crippen molar-refractivity contribution in [1.82, 2.24) is 9.78 Å². The molecular formula is C16H21N3S. The average Bonchev–Trinajstić information content (AvgIpc) is 2.92. The summed E-state index contributed by atoms with van der Waals surface area (Å²) in [5.74, 6) is 2.47. The average molecular weight is 287 g/mol. The van der Waals surface area contributed by atoms with Crippen LogP contribution in [-0.2, 0) is 0 Å². The summed E-state index contributed by atoms with van der Waals surface area (Å²) in [5.41, 5.74) is 2.73. The molecule has 2 heterocycles. The number of hydrogen-bond acceptors (Lipinski definition) is 3. The number of aromatic nitrogens is 2. The lowest BCUT2D eigenvalue weighted by molar-refractivity contribution is 0.358. The van der Waals surface area contributed by atoms with Crippen LogP contribution >= 0.6 is 11.8 Å². The Kier molecular flexibility index (Phi) is 3.74. The smallest absolute Gasteiger partial charge is 0.0647 e. The molecule has 1 fully saturated rings. The molecule has 1 aliphatic rings. The number of nitrogens with zero attached hydrogens (tertiary/aromatic N) is 2. The summed E-state index contributed by atoms with van der Waals surface area (Å²) >= 11 is 2.05. The zero-order chi connectivity index (χ0) is 14.0. The van der Waals surface area contributed by atoms with Crippen molar-refractivity contribution in [3.63, 3.8) is 0 Å². The molecule has 3 nitrogen and oxygen atoms in total. The van der Waals surface area contributed by atoms with Crippen molar-refractivity contribution in [2.24, 2.45) is 5.41 Å². The zero-order valence-corrected chi connectivity index (χ0v) is 12.9. The van der Waals surface area contributed by atoms with Gasteiger partial charge < -0.3 is 5.32 Å². The van der Waals surface area contributed by atoms with Crippen molar-refractivity contribution in [3.8, 4) is 5.69 Å². The maximum atomic E-state index is 4.24. The third-order valence-corrected chi connectivity index (χ3v) is 5.24. The number of rotatable bonds is 3. The number of hydrogen-bond donors (Lipinski definition) is 1. The van der Waals surface area contributed by atoms with E-state index in [4.69, 9.17) is 0 Å². The van der Waals surface area contributed by atoms with E-state index in [-0.39, 0.29) is 0 Å². The molecule has 106 valence electrons. The first-order valence-corrected chi connectivity index (χ1v) is 8.22. The standard InChI is InChI=1S/C16H21N3S/c1-16(2)10-14(11-20-12-16)18-13-4-6-15(7-5-13)19-9-3-8-17-19/h3-9,14,18H,10-12H2,1-2H3. The van der Waals surface area contributed by atoms with Gasteiger partial charge in [0.2, 0.25) is 0 Å². The molecule has 0 bridgehead atoms. The summed E-state index contributed by atoms with van der Waals surface area (Å²) < 4.78 is 1.88. The number of thioether (sulfide) groups is 1. The van der Waals surface area contributed by atoms with Gasteiger partial charge in [0.05, 0.1) is 5.69 Å². The van der Waals surface area contributed by atoms with Crippen LogP contribution in [0, 0.1) is 5.41 Å². The molecule has 4 heteroatoms. The van der Waals surface area contributed by atoms with E-state index < -0.39 is 0 Å². The van der Waals surface area contributed by atoms with Crippen LogP contribution in [0.4, 0.5) is 5.69 Å². The van der Waals surface area contributed by atoms with Crippen LogP contribution in [-0.4, -0.2) is 27.3 Å². The van der Waals surface area contributed by atoms with Crippen LogP contribution in [0.25, 0.3) is 5.69 Å². The van der Waals surface area contributed by atoms with Crippen LogP contribution in [0.3, 0.4) is 0 Å². The molecule has 0 saturated carbocycles. The van der Waals surface area contributed by atoms with Crippen molar-refractivity contribution in [2.45, 2.75) is 26.3 Å². The molecule has 1 atom stereocenters. The van der Waals surface area contributed by atoms with Crippen LogP contribution in [0.15, 0.2) is 42.7 Å². The second-order valence-corrected chi connectivity index (χ2v) is 7.25. The van der Waals surface area contributed by atoms with Gasteiger partial charge in [0, 0.05) is 29.9 Å². The van der Waals surface area contributed by atoms with Gasteiger partial charge in [-0.15, -0.1) is 0 Å². The van der Waals surface area contributed by atoms with Gasteiger partial charge in [-0.2, -0.15) is 16.9 Å². The fourth-order valence-corrected chi connectivity index (χ4v) is 4.00. The quantitative estimate of drug-likeness (QED) is 0.931. The van der Waals surface area contributed by atoms with E-state index in [1.165, 1.54) is 23.6 Å². The lowest BCUT2D eigenvalue weighted by Gasteiger charge is -2.35. The minimum atomic E-state index is 0.440. The molecular weight excluding hydrogens is 266 g/mol. The second-order valence-electron chi connectivity index (χ2n) is 6.22. The number of anilines is 1. The van der Waals surface area contributed by atoms with Crippen LogP contribution < -0.4 is 5.32 Å². The highest BCUT2D eigenvalue weighted by molar-refractivity contribution is 7.99. The third kappa shape index (κ3) is 3.18. The largest absolute Gasteiger partial charge is 0.381 e. The summed E-state index contributed by atoms with van der Waals surface area (Å²) in [6.45, 7) is 4.71. The van der Waals surface area contributed by atoms with Gasteiger partial charge in [0.25, 0.3) is 0 Å². The molecule has 0 aliphatic carbocycles. The first-order chi connectivity index (χ1) is 9.62. The third-order valence-electron chi connectivity index (χ3n) is 3.62. The summed E-state index contributed by atoms with van der Waals surface area (Å²) in [4.78, 5) is 0. The summed E-state index contributed by atoms with van der Waals surface area (Å²) in [7, 11) is 0. The van der Waals surface area contributed by atoms with Crippen LogP contribution in [0.2, 0.25) is 0 Å². The van der Waals surface area contributed by atoms with Gasteiger partial charge in [-0.25, -0.2) is 4.68 Å². The molecule has 1 aromatic heterocycles. The van der Waals surface area contributed by atoms with E-state index in [1.807, 2.05) is 16.9 Å². The molecule has 3 rings (SSSR count). The topological polar surface area (TPSA) is 29.9 Å². The minimum absolute atomic E-state index is 0.440. The predicted molar refractivity (Wildman–Crippen MR) is 86.7 cm³/mol. The Labute approximate surface area is 124 Å². The fraction of sp³-hybridized carbons (Fsp3) is 0.438. The molecule has 0 amide bonds. The Hall–Kier alpha value is -1.42. The van der Waals surface area contributed by atoms with E-state index in [9.17, 15) is 0 Å². The SMILES string of the molecule is CC1(C)CSCC(Nc2ccc(-n3cccn3)cc2)C1. The molecule has 0 radical (unpaired) electrons. The van der Waals surface area contributed by atoms with Gasteiger partial charge in [-0.3, -0.25) is 0 Å². The van der Waals surface area contributed by atoms with Crippen molar-refractivity contribution >= 4 is 17.4 Å². The molecule has 1 aromatic carbocycles. The Morgan fingerprint density at radius 1 is 1.30 bits per heavy atom. The van der Waals surface area contributed by atoms with Crippen molar-refractivity contribution in [2.75, 3.05) is 16.8 Å². The normalized spacial score (nSPS) is 21.6. The molecule has 2 aromatic rings. The van der Waals surface area contributed by atoms with Gasteiger partial charge in [-0.1, -0.05) is 13.8 Å². The van der Waals surface area contributed by atoms with Gasteiger partial charge in [0.15, 0.2) is 0 Å². The number of benzene rings is 1. The van der Waals surface area contributed by atoms with E-state index in [1.54, 1.807) is 6.20 Å². The van der Waals surface area contributed by atoms with Gasteiger partial charge >= 0.3 is 0 Å². The molecule has 20 heavy (non-hydrogen) atoms. The van der Waals surface area contributed by atoms with E-state index in [2.05, 4.69) is 60.3 Å². The lowest BCUT2D eigenvalue weighted by atomic mass is 9.88. The van der Waals surface area contributed by atoms with Crippen molar-refractivity contribution in [3.05, 3.63) is 42.7 Å². The first kappa shape index (κ1) is 13.6. The fourth-order valence-electron chi connectivity index (χ4n) is 2.72. The Balaban J connectivity index is 1.66. The molecule has 1 aliphatic heterocycles. The van der Waals surface area contributed by atoms with Crippen molar-refractivity contribution < 1.29 is 0 Å². The molecule has 1 unspecified atom stereocenters. The number of nitrogens with one attached hydrogen (secondary N) is 1. The Bertz CT molecular complexity index is 546. The van der Waals surface area contributed by atoms with Gasteiger partial charge in [0.1, 0.15) is 0 Å². The highest BCUT2D eigenvalue weighted by Gasteiger charge is 2.28. The summed E-state index contributed by atoms with van der Waals surface area (Å²) in [5, 5.41) is 7.90. The highest BCUT2D eigenvalue weighted by Crippen LogP contribution is 2.34. The lowest BCUT2D eigenvalue weighted by Crippen LogP contribution is -2.35. The van der Waals surface area contributed by atoms with E-state index in [0.717, 1.165) is 5.69 Å². The molecule has 0 spiro atoms. The summed E-state index contributed by atoms with van der Waals surface area (Å²) in [6.07, 6.45) is 5.00. The van der Waals surface area contributed by atoms with Crippen LogP contribution in [0.1, 0.15) is 20.3 Å². The first-order valence-electron chi connectivity index (χ1n) is 7.07. The monoisotopic (exact) mass is 287 g/mol. The zero-order valence-electron chi connectivity index (χ0n) is 12.0. The Morgan fingerprint density at radius 3 is 2.75 bits per heavy atom. The van der Waals surface area contributed by atoms with E-state index >= 15 is 0 Å². The maximum Gasteiger partial charge on any atom is 0.0647 e. The second kappa shape index (κ2) is 5.52. The molecule has 1 N–H and O–H groups in total. The highest BCUT2D eigenvalue weighted by atomic mass is 32.2. The maximum absolute atomic E-state index is 4.24. The van der Waals surface area contributed by atoms with Crippen molar-refractivity contribution in [1.29, 1.82) is 0 Å². The minimum Gasteiger partial charge on any atom is -0.381 e.